The van der Waals surface area contributed by atoms with E-state index in [1.165, 1.54) is 11.8 Å². The SMILES string of the molecule is O=C(OC[C@H]1O[C@@H](Sc2ccccc2)[C@H](OCc2ccccc2)[C@@H](OCc2ccccc2)[C@@H]1OC1O[C@H](COCc2ccccc2)[C@@H](OCc2ccccc2)[C@H](OCc2ccccc2)[C@H]1OCc1ccccc1)c1c(F)c(F)c(F)c(F)c1F. The molecular weight excluding hydrogens is 1110 g/mol. The Kier molecular flexibility index (Phi) is 21.5. The highest BCUT2D eigenvalue weighted by Crippen LogP contribution is 2.41. The molecule has 0 saturated carbocycles. The van der Waals surface area contributed by atoms with Crippen LogP contribution in [0.4, 0.5) is 22.0 Å². The van der Waals surface area contributed by atoms with Gasteiger partial charge in [-0.3, -0.25) is 0 Å². The zero-order valence-corrected chi connectivity index (χ0v) is 46.2. The molecule has 84 heavy (non-hydrogen) atoms. The average molecular weight is 1170 g/mol. The third kappa shape index (κ3) is 15.8. The first-order valence-electron chi connectivity index (χ1n) is 27.4. The van der Waals surface area contributed by atoms with Gasteiger partial charge in [-0.15, -0.1) is 0 Å². The monoisotopic (exact) mass is 1170 g/mol. The Bertz CT molecular complexity index is 3250. The summed E-state index contributed by atoms with van der Waals surface area (Å²) in [5, 5.41) is 0. The maximum atomic E-state index is 15.4. The van der Waals surface area contributed by atoms with Crippen molar-refractivity contribution in [3.8, 4) is 0 Å². The van der Waals surface area contributed by atoms with Crippen molar-refractivity contribution in [1.82, 2.24) is 0 Å². The minimum atomic E-state index is -2.44. The van der Waals surface area contributed by atoms with Gasteiger partial charge in [0.05, 0.1) is 46.2 Å². The lowest BCUT2D eigenvalue weighted by Crippen LogP contribution is -2.66. The van der Waals surface area contributed by atoms with Gasteiger partial charge in [-0.1, -0.05) is 212 Å². The van der Waals surface area contributed by atoms with Crippen LogP contribution in [0.3, 0.4) is 0 Å². The first-order chi connectivity index (χ1) is 41.2. The van der Waals surface area contributed by atoms with Crippen LogP contribution in [0.1, 0.15) is 43.7 Å². The van der Waals surface area contributed by atoms with Crippen molar-refractivity contribution in [2.24, 2.45) is 0 Å². The fourth-order valence-electron chi connectivity index (χ4n) is 9.83. The van der Waals surface area contributed by atoms with E-state index in [2.05, 4.69) is 0 Å². The molecule has 436 valence electrons. The molecule has 2 saturated heterocycles. The smallest absolute Gasteiger partial charge is 0.344 e. The number of esters is 1. The van der Waals surface area contributed by atoms with Crippen LogP contribution in [0, 0.1) is 29.1 Å². The maximum absolute atomic E-state index is 15.4. The van der Waals surface area contributed by atoms with Crippen molar-refractivity contribution in [3.63, 3.8) is 0 Å². The van der Waals surface area contributed by atoms with Crippen LogP contribution in [0.5, 0.6) is 0 Å². The van der Waals surface area contributed by atoms with Gasteiger partial charge < -0.3 is 47.4 Å². The number of thioether (sulfide) groups is 1. The number of hydrogen-bond donors (Lipinski definition) is 0. The number of carbonyl (C=O) groups excluding carboxylic acids is 1. The van der Waals surface area contributed by atoms with Gasteiger partial charge in [0, 0.05) is 4.90 Å². The van der Waals surface area contributed by atoms with Crippen molar-refractivity contribution < 1.29 is 74.1 Å². The van der Waals surface area contributed by atoms with Gasteiger partial charge in [-0.2, -0.15) is 0 Å². The largest absolute Gasteiger partial charge is 0.459 e. The maximum Gasteiger partial charge on any atom is 0.344 e. The van der Waals surface area contributed by atoms with E-state index in [1.807, 2.05) is 212 Å². The summed E-state index contributed by atoms with van der Waals surface area (Å²) in [7, 11) is 0. The van der Waals surface area contributed by atoms with Gasteiger partial charge in [-0.05, 0) is 45.5 Å². The Morgan fingerprint density at radius 1 is 0.369 bits per heavy atom. The van der Waals surface area contributed by atoms with E-state index in [1.54, 1.807) is 0 Å². The fraction of sp³-hybridized carbons (Fsp3) is 0.269. The van der Waals surface area contributed by atoms with Crippen molar-refractivity contribution in [2.45, 2.75) is 105 Å². The van der Waals surface area contributed by atoms with Crippen LogP contribution < -0.4 is 0 Å². The molecule has 0 aromatic heterocycles. The van der Waals surface area contributed by atoms with E-state index in [0.717, 1.165) is 38.3 Å². The van der Waals surface area contributed by atoms with Gasteiger partial charge in [0.25, 0.3) is 0 Å². The van der Waals surface area contributed by atoms with Crippen LogP contribution in [-0.4, -0.2) is 79.7 Å². The van der Waals surface area contributed by atoms with E-state index >= 15 is 8.78 Å². The summed E-state index contributed by atoms with van der Waals surface area (Å²) in [5.41, 5.74) is 2.17. The molecule has 1 unspecified atom stereocenters. The highest BCUT2D eigenvalue weighted by atomic mass is 32.2. The Labute approximate surface area is 488 Å². The van der Waals surface area contributed by atoms with Crippen LogP contribution >= 0.6 is 11.8 Å². The molecular formula is C67H61F5O11S. The summed E-state index contributed by atoms with van der Waals surface area (Å²) >= 11 is 1.26. The third-order valence-electron chi connectivity index (χ3n) is 14.1. The molecule has 0 aliphatic carbocycles. The Hall–Kier alpha value is -7.13. The Morgan fingerprint density at radius 2 is 0.714 bits per heavy atom. The zero-order valence-electron chi connectivity index (χ0n) is 45.4. The van der Waals surface area contributed by atoms with Crippen molar-refractivity contribution >= 4 is 17.7 Å². The molecule has 2 heterocycles. The predicted molar refractivity (Wildman–Crippen MR) is 302 cm³/mol. The minimum absolute atomic E-state index is 0.0238. The summed E-state index contributed by atoms with van der Waals surface area (Å²) in [6.45, 7) is -0.458. The van der Waals surface area contributed by atoms with Gasteiger partial charge in [0.1, 0.15) is 66.4 Å². The number of halogens is 5. The molecule has 11 nitrogen and oxygen atoms in total. The number of ether oxygens (including phenoxy) is 10. The lowest BCUT2D eigenvalue weighted by Gasteiger charge is -2.50. The normalized spacial score (nSPS) is 22.3. The molecule has 0 spiro atoms. The molecule has 0 amide bonds. The van der Waals surface area contributed by atoms with Gasteiger partial charge in [0.15, 0.2) is 29.6 Å². The van der Waals surface area contributed by atoms with E-state index < -0.39 is 108 Å². The van der Waals surface area contributed by atoms with E-state index in [9.17, 15) is 18.0 Å². The molecule has 8 aromatic rings. The standard InChI is InChI=1S/C67H61F5O11S/c68-54-53(55(69)57(71)58(72)56(54)70)65(73)80-43-52-60(62(77-39-47-28-14-4-15-29-47)64(79-41-49-32-18-6-19-33-49)67(82-52)84-50-34-20-7-21-35-50)83-66-63(78-40-48-30-16-5-17-31-48)61(76-38-46-26-12-3-13-27-46)59(75-37-45-24-10-2-11-25-45)51(81-66)42-74-36-44-22-8-1-9-23-44/h1-35,51-52,59-64,66-67H,36-43H2/t51-,52-,59-,60-,61+,62+,63-,64-,66?,67+/m1/s1. The van der Waals surface area contributed by atoms with Crippen LogP contribution in [0.2, 0.25) is 0 Å². The van der Waals surface area contributed by atoms with Crippen LogP contribution in [0.15, 0.2) is 217 Å². The first-order valence-corrected chi connectivity index (χ1v) is 28.3. The number of hydrogen-bond acceptors (Lipinski definition) is 12. The van der Waals surface area contributed by atoms with Crippen LogP contribution in [0.25, 0.3) is 0 Å². The molecule has 10 atom stereocenters. The highest BCUT2D eigenvalue weighted by Gasteiger charge is 2.55. The third-order valence-corrected chi connectivity index (χ3v) is 15.2. The number of rotatable bonds is 26. The molecule has 2 aliphatic rings. The molecule has 2 aliphatic heterocycles. The lowest BCUT2D eigenvalue weighted by atomic mass is 9.96. The summed E-state index contributed by atoms with van der Waals surface area (Å²) in [4.78, 5) is 14.6. The number of benzene rings is 8. The molecule has 17 heteroatoms. The second kappa shape index (κ2) is 30.1. The van der Waals surface area contributed by atoms with Crippen LogP contribution in [-0.2, 0) is 87.0 Å². The molecule has 0 radical (unpaired) electrons. The summed E-state index contributed by atoms with van der Waals surface area (Å²) in [6, 6.07) is 66.2. The van der Waals surface area contributed by atoms with E-state index in [-0.39, 0.29) is 46.2 Å². The minimum Gasteiger partial charge on any atom is -0.459 e. The highest BCUT2D eigenvalue weighted by molar-refractivity contribution is 7.99. The van der Waals surface area contributed by atoms with E-state index in [0.29, 0.717) is 0 Å². The lowest BCUT2D eigenvalue weighted by molar-refractivity contribution is -0.359. The predicted octanol–water partition coefficient (Wildman–Crippen LogP) is 13.3. The fourth-order valence-corrected chi connectivity index (χ4v) is 11.0. The molecule has 8 aromatic carbocycles. The second-order valence-electron chi connectivity index (χ2n) is 20.0. The average Bonchev–Trinajstić information content (AvgIpc) is 3.53. The van der Waals surface area contributed by atoms with Gasteiger partial charge >= 0.3 is 5.97 Å². The molecule has 0 N–H and O–H groups in total. The quantitative estimate of drug-likeness (QED) is 0.0223. The van der Waals surface area contributed by atoms with Gasteiger partial charge in [0.2, 0.25) is 5.82 Å². The summed E-state index contributed by atoms with van der Waals surface area (Å²) < 4.78 is 143. The second-order valence-corrected chi connectivity index (χ2v) is 21.1. The van der Waals surface area contributed by atoms with Crippen molar-refractivity contribution in [1.29, 1.82) is 0 Å². The summed E-state index contributed by atoms with van der Waals surface area (Å²) in [5.74, 6) is -13.7. The molecule has 2 fully saturated rings. The van der Waals surface area contributed by atoms with Crippen molar-refractivity contribution in [3.05, 3.63) is 280 Å². The molecule has 10 rings (SSSR count). The Morgan fingerprint density at radius 3 is 1.15 bits per heavy atom. The van der Waals surface area contributed by atoms with Crippen molar-refractivity contribution in [2.75, 3.05) is 13.2 Å². The zero-order chi connectivity index (χ0) is 58.0. The van der Waals surface area contributed by atoms with E-state index in [4.69, 9.17) is 47.4 Å². The van der Waals surface area contributed by atoms with Gasteiger partial charge in [-0.25, -0.2) is 26.7 Å². The number of carbonyl (C=O) groups is 1. The summed E-state index contributed by atoms with van der Waals surface area (Å²) in [6.07, 6.45) is -10.6. The molecule has 0 bridgehead atoms. The topological polar surface area (TPSA) is 109 Å². The Balaban J connectivity index is 1.09. The first kappa shape index (κ1) is 60.0.